The van der Waals surface area contributed by atoms with Crippen LogP contribution in [-0.2, 0) is 6.42 Å². The molecule has 1 fully saturated rings. The number of thiol groups is 1. The third-order valence-electron chi connectivity index (χ3n) is 6.98. The van der Waals surface area contributed by atoms with Crippen molar-refractivity contribution in [3.63, 3.8) is 0 Å². The van der Waals surface area contributed by atoms with Crippen LogP contribution < -0.4 is 0 Å². The lowest BCUT2D eigenvalue weighted by Crippen LogP contribution is -2.52. The van der Waals surface area contributed by atoms with E-state index in [4.69, 9.17) is 0 Å². The standard InChI is InChI=1S/C26H32F3N3O5S/c1-26(2,37)25(16-6-4-3-5-14(16)7-8-33)38-13-20(35)23(24(36)21(38)12-34)32-11-19(30-31-32)15-9-17(27)22(29)18(28)10-15/h3-6,9-11,20-21,23-25,33-38H,7-8,12-13H2,1-2H3/t20-,21+,23-,24-,25+/m0/s1. The Labute approximate surface area is 220 Å². The Kier molecular flexibility index (Phi) is 8.50. The van der Waals surface area contributed by atoms with Crippen LogP contribution in [0.4, 0.5) is 13.2 Å². The van der Waals surface area contributed by atoms with Gasteiger partial charge in [0.15, 0.2) is 17.5 Å². The Bertz CT molecular complexity index is 1250. The first-order valence-electron chi connectivity index (χ1n) is 12.2. The van der Waals surface area contributed by atoms with Crippen molar-refractivity contribution in [1.82, 2.24) is 15.0 Å². The molecule has 5 N–H and O–H groups in total. The van der Waals surface area contributed by atoms with E-state index in [9.17, 15) is 38.7 Å². The number of nitrogens with zero attached hydrogens (tertiary/aromatic N) is 3. The highest BCUT2D eigenvalue weighted by atomic mass is 32.2. The molecule has 0 spiro atoms. The molecule has 1 unspecified atom stereocenters. The van der Waals surface area contributed by atoms with E-state index in [0.29, 0.717) is 6.42 Å². The zero-order valence-electron chi connectivity index (χ0n) is 20.9. The maximum Gasteiger partial charge on any atom is 0.194 e. The van der Waals surface area contributed by atoms with Gasteiger partial charge in [0, 0.05) is 28.4 Å². The van der Waals surface area contributed by atoms with Crippen LogP contribution in [0, 0.1) is 17.5 Å². The predicted molar refractivity (Wildman–Crippen MR) is 137 cm³/mol. The Balaban J connectivity index is 1.69. The van der Waals surface area contributed by atoms with Crippen LogP contribution in [-0.4, -0.2) is 82.6 Å². The van der Waals surface area contributed by atoms with Crippen LogP contribution >= 0.6 is 10.9 Å². The van der Waals surface area contributed by atoms with Gasteiger partial charge < -0.3 is 25.5 Å². The maximum absolute atomic E-state index is 13.7. The SMILES string of the molecule is CC(C)(O)[C@@H](c1ccccc1CCO)[SH]1C[C@H](O)[C@H](n2cc(-c3cc(F)c(F)c(F)c3)nn2)[C@@H](O)[C@H]1CO. The number of aliphatic hydroxyl groups excluding tert-OH is 4. The van der Waals surface area contributed by atoms with E-state index >= 15 is 0 Å². The topological polar surface area (TPSA) is 132 Å². The number of aliphatic hydroxyl groups is 5. The molecule has 0 bridgehead atoms. The van der Waals surface area contributed by atoms with Gasteiger partial charge in [0.2, 0.25) is 0 Å². The van der Waals surface area contributed by atoms with Gasteiger partial charge >= 0.3 is 0 Å². The smallest absolute Gasteiger partial charge is 0.194 e. The summed E-state index contributed by atoms with van der Waals surface area (Å²) in [7, 11) is -1.42. The molecule has 2 aromatic carbocycles. The quantitative estimate of drug-likeness (QED) is 0.185. The van der Waals surface area contributed by atoms with Crippen LogP contribution in [0.5, 0.6) is 0 Å². The number of hydrogen-bond acceptors (Lipinski definition) is 7. The highest BCUT2D eigenvalue weighted by Gasteiger charge is 2.49. The van der Waals surface area contributed by atoms with Crippen molar-refractivity contribution in [2.24, 2.45) is 0 Å². The monoisotopic (exact) mass is 555 g/mol. The van der Waals surface area contributed by atoms with Crippen molar-refractivity contribution in [3.05, 3.63) is 71.2 Å². The van der Waals surface area contributed by atoms with Crippen LogP contribution in [0.3, 0.4) is 0 Å². The molecule has 12 heteroatoms. The summed E-state index contributed by atoms with van der Waals surface area (Å²) in [5.41, 5.74) is 0.250. The molecule has 0 amide bonds. The van der Waals surface area contributed by atoms with E-state index in [-0.39, 0.29) is 23.6 Å². The van der Waals surface area contributed by atoms with Crippen LogP contribution in [0.25, 0.3) is 11.3 Å². The normalized spacial score (nSPS) is 25.9. The Morgan fingerprint density at radius 2 is 1.76 bits per heavy atom. The maximum atomic E-state index is 13.7. The zero-order valence-corrected chi connectivity index (χ0v) is 21.8. The van der Waals surface area contributed by atoms with Crippen LogP contribution in [0.15, 0.2) is 42.6 Å². The molecule has 1 aliphatic rings. The minimum atomic E-state index is -1.61. The first-order valence-corrected chi connectivity index (χ1v) is 13.8. The summed E-state index contributed by atoms with van der Waals surface area (Å²) < 4.78 is 42.0. The second kappa shape index (κ2) is 11.3. The minimum absolute atomic E-state index is 0.00267. The average Bonchev–Trinajstić information content (AvgIpc) is 3.32. The predicted octanol–water partition coefficient (Wildman–Crippen LogP) is 2.05. The van der Waals surface area contributed by atoms with Gasteiger partial charge in [-0.05, 0) is 43.5 Å². The second-order valence-electron chi connectivity index (χ2n) is 10.1. The minimum Gasteiger partial charge on any atom is -0.396 e. The fourth-order valence-corrected chi connectivity index (χ4v) is 9.04. The largest absolute Gasteiger partial charge is 0.396 e. The van der Waals surface area contributed by atoms with E-state index in [2.05, 4.69) is 10.3 Å². The Morgan fingerprint density at radius 3 is 2.37 bits per heavy atom. The van der Waals surface area contributed by atoms with E-state index in [1.165, 1.54) is 10.9 Å². The van der Waals surface area contributed by atoms with E-state index in [0.717, 1.165) is 23.3 Å². The summed E-state index contributed by atoms with van der Waals surface area (Å²) in [6, 6.07) is 7.84. The van der Waals surface area contributed by atoms with Crippen molar-refractivity contribution in [2.45, 2.75) is 54.6 Å². The van der Waals surface area contributed by atoms with Gasteiger partial charge in [-0.1, -0.05) is 29.5 Å². The molecule has 8 nitrogen and oxygen atoms in total. The molecule has 38 heavy (non-hydrogen) atoms. The third kappa shape index (κ3) is 5.47. The molecule has 3 aromatic rings. The lowest BCUT2D eigenvalue weighted by Gasteiger charge is -2.51. The van der Waals surface area contributed by atoms with Gasteiger partial charge in [-0.2, -0.15) is 0 Å². The van der Waals surface area contributed by atoms with E-state index in [1.807, 2.05) is 24.3 Å². The second-order valence-corrected chi connectivity index (χ2v) is 12.6. The first kappa shape index (κ1) is 28.5. The summed E-state index contributed by atoms with van der Waals surface area (Å²) in [6.07, 6.45) is -0.823. The molecule has 6 atom stereocenters. The molecule has 1 saturated heterocycles. The molecule has 2 heterocycles. The zero-order chi connectivity index (χ0) is 27.8. The molecule has 4 rings (SSSR count). The third-order valence-corrected chi connectivity index (χ3v) is 10.7. The molecule has 0 aliphatic carbocycles. The lowest BCUT2D eigenvalue weighted by atomic mass is 9.93. The fraction of sp³-hybridized carbons (Fsp3) is 0.462. The number of aromatic nitrogens is 3. The Hall–Kier alpha value is -2.48. The highest BCUT2D eigenvalue weighted by Crippen LogP contribution is 2.57. The van der Waals surface area contributed by atoms with Gasteiger partial charge in [-0.25, -0.2) is 28.7 Å². The van der Waals surface area contributed by atoms with Crippen molar-refractivity contribution < 1.29 is 38.7 Å². The number of benzene rings is 2. The summed E-state index contributed by atoms with van der Waals surface area (Å²) in [5, 5.41) is 60.3. The molecule has 1 aromatic heterocycles. The first-order chi connectivity index (χ1) is 18.0. The molecule has 208 valence electrons. The summed E-state index contributed by atoms with van der Waals surface area (Å²) in [6.45, 7) is 2.75. The van der Waals surface area contributed by atoms with Gasteiger partial charge in [0.1, 0.15) is 11.7 Å². The van der Waals surface area contributed by atoms with Gasteiger partial charge in [-0.3, -0.25) is 0 Å². The van der Waals surface area contributed by atoms with Crippen LogP contribution in [0.2, 0.25) is 0 Å². The van der Waals surface area contributed by atoms with Gasteiger partial charge in [0.25, 0.3) is 0 Å². The highest BCUT2D eigenvalue weighted by molar-refractivity contribution is 8.18. The summed E-state index contributed by atoms with van der Waals surface area (Å²) in [4.78, 5) is 0. The van der Waals surface area contributed by atoms with Gasteiger partial charge in [0.05, 0.1) is 30.6 Å². The van der Waals surface area contributed by atoms with Crippen molar-refractivity contribution in [1.29, 1.82) is 0 Å². The molecular formula is C26H32F3N3O5S. The van der Waals surface area contributed by atoms with E-state index in [1.54, 1.807) is 13.8 Å². The van der Waals surface area contributed by atoms with Crippen molar-refractivity contribution >= 4 is 10.9 Å². The summed E-state index contributed by atoms with van der Waals surface area (Å²) in [5.74, 6) is -4.26. The van der Waals surface area contributed by atoms with Crippen molar-refractivity contribution in [2.75, 3.05) is 19.0 Å². The lowest BCUT2D eigenvalue weighted by molar-refractivity contribution is 0.00570. The van der Waals surface area contributed by atoms with Crippen LogP contribution in [0.1, 0.15) is 36.3 Å². The molecule has 0 saturated carbocycles. The van der Waals surface area contributed by atoms with E-state index < -0.39 is 69.3 Å². The summed E-state index contributed by atoms with van der Waals surface area (Å²) >= 11 is 0. The number of hydrogen-bond donors (Lipinski definition) is 6. The molecule has 0 radical (unpaired) electrons. The average molecular weight is 556 g/mol. The Morgan fingerprint density at radius 1 is 1.11 bits per heavy atom. The van der Waals surface area contributed by atoms with Gasteiger partial charge in [-0.15, -0.1) is 5.10 Å². The number of halogens is 3. The van der Waals surface area contributed by atoms with Crippen molar-refractivity contribution in [3.8, 4) is 11.3 Å². The number of rotatable bonds is 8. The fourth-order valence-electron chi connectivity index (χ4n) is 5.33. The molecular weight excluding hydrogens is 523 g/mol. The molecule has 1 aliphatic heterocycles.